The van der Waals surface area contributed by atoms with Crippen LogP contribution in [0.5, 0.6) is 0 Å². The largest absolute Gasteiger partial charge is 0.311 e. The molecule has 3 rings (SSSR count). The molecule has 7 heteroatoms. The van der Waals surface area contributed by atoms with Crippen LogP contribution in [0.15, 0.2) is 12.4 Å². The Bertz CT molecular complexity index is 410. The lowest BCUT2D eigenvalue weighted by Crippen LogP contribution is -2.38. The number of hydrogen-bond acceptors (Lipinski definition) is 4. The molecule has 94 valence electrons. The molecule has 1 aromatic rings. The van der Waals surface area contributed by atoms with E-state index in [4.69, 9.17) is 0 Å². The highest BCUT2D eigenvalue weighted by Gasteiger charge is 2.34. The van der Waals surface area contributed by atoms with Gasteiger partial charge in [-0.25, -0.2) is 0 Å². The van der Waals surface area contributed by atoms with Crippen LogP contribution < -0.4 is 5.32 Å². The van der Waals surface area contributed by atoms with Crippen molar-refractivity contribution in [1.82, 2.24) is 15.1 Å². The molecule has 1 unspecified atom stereocenters. The molecule has 2 fully saturated rings. The van der Waals surface area contributed by atoms with Crippen molar-refractivity contribution in [2.45, 2.75) is 43.8 Å². The number of piperidine rings is 1. The number of hydrogen-bond donors (Lipinski definition) is 1. The third-order valence-electron chi connectivity index (χ3n) is 3.62. The zero-order valence-corrected chi connectivity index (χ0v) is 10.1. The van der Waals surface area contributed by atoms with Crippen LogP contribution in [-0.4, -0.2) is 26.8 Å². The minimum atomic E-state index is -0.390. The van der Waals surface area contributed by atoms with Gasteiger partial charge in [0, 0.05) is 12.1 Å². The molecule has 17 heavy (non-hydrogen) atoms. The van der Waals surface area contributed by atoms with Gasteiger partial charge in [-0.2, -0.15) is 5.10 Å². The van der Waals surface area contributed by atoms with E-state index in [2.05, 4.69) is 10.4 Å². The summed E-state index contributed by atoms with van der Waals surface area (Å²) in [6.07, 6.45) is 7.42. The SMILES string of the molecule is Cl.O=[N+]([O-])c1cnn(C2C[C@H]3CC[C@@H](C2)N3)c1. The second-order valence-electron chi connectivity index (χ2n) is 4.70. The Balaban J connectivity index is 0.00000108. The molecule has 3 atom stereocenters. The fourth-order valence-electron chi connectivity index (χ4n) is 2.87. The summed E-state index contributed by atoms with van der Waals surface area (Å²) in [5.41, 5.74) is 0.0888. The van der Waals surface area contributed by atoms with Crippen LogP contribution in [0.2, 0.25) is 0 Å². The molecule has 0 saturated carbocycles. The Morgan fingerprint density at radius 1 is 1.41 bits per heavy atom. The Morgan fingerprint density at radius 3 is 2.59 bits per heavy atom. The molecule has 0 aliphatic carbocycles. The average molecular weight is 259 g/mol. The molecule has 2 saturated heterocycles. The fourth-order valence-corrected chi connectivity index (χ4v) is 2.87. The molecule has 1 N–H and O–H groups in total. The van der Waals surface area contributed by atoms with Crippen LogP contribution in [0.1, 0.15) is 31.7 Å². The van der Waals surface area contributed by atoms with Gasteiger partial charge in [-0.15, -0.1) is 12.4 Å². The number of aromatic nitrogens is 2. The van der Waals surface area contributed by atoms with Crippen molar-refractivity contribution in [3.05, 3.63) is 22.5 Å². The van der Waals surface area contributed by atoms with Gasteiger partial charge < -0.3 is 5.32 Å². The summed E-state index contributed by atoms with van der Waals surface area (Å²) in [5.74, 6) is 0. The van der Waals surface area contributed by atoms with Crippen molar-refractivity contribution in [2.24, 2.45) is 0 Å². The average Bonchev–Trinajstić information content (AvgIpc) is 2.85. The van der Waals surface area contributed by atoms with E-state index >= 15 is 0 Å². The predicted octanol–water partition coefficient (Wildman–Crippen LogP) is 1.67. The molecule has 6 nitrogen and oxygen atoms in total. The van der Waals surface area contributed by atoms with Crippen LogP contribution in [0.4, 0.5) is 5.69 Å². The van der Waals surface area contributed by atoms with Gasteiger partial charge in [-0.3, -0.25) is 14.8 Å². The van der Waals surface area contributed by atoms with Gasteiger partial charge in [-0.1, -0.05) is 0 Å². The zero-order valence-electron chi connectivity index (χ0n) is 9.28. The lowest BCUT2D eigenvalue weighted by Gasteiger charge is -2.28. The predicted molar refractivity (Wildman–Crippen MR) is 64.3 cm³/mol. The van der Waals surface area contributed by atoms with Gasteiger partial charge in [0.2, 0.25) is 0 Å². The topological polar surface area (TPSA) is 73.0 Å². The number of nitrogens with zero attached hydrogens (tertiary/aromatic N) is 3. The Morgan fingerprint density at radius 2 is 2.06 bits per heavy atom. The summed E-state index contributed by atoms with van der Waals surface area (Å²) in [6.45, 7) is 0. The Hall–Kier alpha value is -1.14. The van der Waals surface area contributed by atoms with Crippen molar-refractivity contribution in [2.75, 3.05) is 0 Å². The second-order valence-corrected chi connectivity index (χ2v) is 4.70. The maximum absolute atomic E-state index is 10.6. The molecule has 0 amide bonds. The molecule has 2 aliphatic heterocycles. The number of fused-ring (bicyclic) bond motifs is 2. The van der Waals surface area contributed by atoms with Gasteiger partial charge in [-0.05, 0) is 25.7 Å². The Kier molecular flexibility index (Phi) is 3.35. The van der Waals surface area contributed by atoms with Gasteiger partial charge in [0.1, 0.15) is 12.4 Å². The monoisotopic (exact) mass is 258 g/mol. The molecule has 2 aliphatic rings. The highest BCUT2D eigenvalue weighted by molar-refractivity contribution is 5.85. The van der Waals surface area contributed by atoms with E-state index in [9.17, 15) is 10.1 Å². The molecular weight excluding hydrogens is 244 g/mol. The van der Waals surface area contributed by atoms with E-state index < -0.39 is 0 Å². The van der Waals surface area contributed by atoms with Crippen molar-refractivity contribution < 1.29 is 4.92 Å². The first-order chi connectivity index (χ1) is 7.72. The number of nitro groups is 1. The number of rotatable bonds is 2. The van der Waals surface area contributed by atoms with Crippen LogP contribution >= 0.6 is 12.4 Å². The van der Waals surface area contributed by atoms with E-state index in [-0.39, 0.29) is 23.0 Å². The minimum absolute atomic E-state index is 0. The quantitative estimate of drug-likeness (QED) is 0.647. The lowest BCUT2D eigenvalue weighted by atomic mass is 10.0. The van der Waals surface area contributed by atoms with Crippen LogP contribution in [0.25, 0.3) is 0 Å². The highest BCUT2D eigenvalue weighted by atomic mass is 35.5. The Labute approximate surface area is 105 Å². The third kappa shape index (κ3) is 2.28. The second kappa shape index (κ2) is 4.62. The van der Waals surface area contributed by atoms with Crippen LogP contribution in [0.3, 0.4) is 0 Å². The highest BCUT2D eigenvalue weighted by Crippen LogP contribution is 2.33. The molecule has 0 spiro atoms. The summed E-state index contributed by atoms with van der Waals surface area (Å²) in [4.78, 5) is 10.2. The van der Waals surface area contributed by atoms with E-state index in [1.54, 1.807) is 10.9 Å². The molecule has 2 bridgehead atoms. The van der Waals surface area contributed by atoms with Crippen molar-refractivity contribution in [3.8, 4) is 0 Å². The maximum Gasteiger partial charge on any atom is 0.307 e. The summed E-state index contributed by atoms with van der Waals surface area (Å²) >= 11 is 0. The van der Waals surface area contributed by atoms with Gasteiger partial charge in [0.05, 0.1) is 11.0 Å². The van der Waals surface area contributed by atoms with E-state index in [0.717, 1.165) is 12.8 Å². The molecule has 0 radical (unpaired) electrons. The number of nitrogens with one attached hydrogen (secondary N) is 1. The van der Waals surface area contributed by atoms with Crippen molar-refractivity contribution in [1.29, 1.82) is 0 Å². The van der Waals surface area contributed by atoms with E-state index in [1.165, 1.54) is 19.0 Å². The first kappa shape index (κ1) is 12.3. The maximum atomic E-state index is 10.6. The molecule has 0 aromatic carbocycles. The summed E-state index contributed by atoms with van der Waals surface area (Å²) < 4.78 is 1.77. The minimum Gasteiger partial charge on any atom is -0.311 e. The molecule has 1 aromatic heterocycles. The van der Waals surface area contributed by atoms with Gasteiger partial charge in [0.25, 0.3) is 0 Å². The normalized spacial score (nSPS) is 30.9. The zero-order chi connectivity index (χ0) is 11.1. The number of halogens is 1. The van der Waals surface area contributed by atoms with E-state index in [0.29, 0.717) is 18.1 Å². The molecule has 3 heterocycles. The first-order valence-corrected chi connectivity index (χ1v) is 5.67. The van der Waals surface area contributed by atoms with Crippen molar-refractivity contribution >= 4 is 18.1 Å². The standard InChI is InChI=1S/C10H14N4O2.ClH/c15-14(16)10-5-11-13(6-10)9-3-7-1-2-8(4-9)12-7;/h5-9,12H,1-4H2;1H/t7-,8+,9?;. The van der Waals surface area contributed by atoms with Crippen molar-refractivity contribution in [3.63, 3.8) is 0 Å². The van der Waals surface area contributed by atoms with Crippen LogP contribution in [0, 0.1) is 10.1 Å². The third-order valence-corrected chi connectivity index (χ3v) is 3.62. The summed E-state index contributed by atoms with van der Waals surface area (Å²) in [7, 11) is 0. The lowest BCUT2D eigenvalue weighted by molar-refractivity contribution is -0.385. The smallest absolute Gasteiger partial charge is 0.307 e. The fraction of sp³-hybridized carbons (Fsp3) is 0.700. The van der Waals surface area contributed by atoms with Gasteiger partial charge >= 0.3 is 5.69 Å². The summed E-state index contributed by atoms with van der Waals surface area (Å²) in [6, 6.07) is 1.48. The first-order valence-electron chi connectivity index (χ1n) is 5.67. The summed E-state index contributed by atoms with van der Waals surface area (Å²) in [5, 5.41) is 18.2. The van der Waals surface area contributed by atoms with Gasteiger partial charge in [0.15, 0.2) is 0 Å². The molecular formula is C10H15ClN4O2. The van der Waals surface area contributed by atoms with Crippen LogP contribution in [-0.2, 0) is 0 Å². The van der Waals surface area contributed by atoms with E-state index in [1.807, 2.05) is 0 Å².